The number of fused-ring (bicyclic) bond motifs is 2. The van der Waals surface area contributed by atoms with Crippen LogP contribution in [-0.2, 0) is 19.3 Å². The molecule has 70 heavy (non-hydrogen) atoms. The number of aromatic nitrogens is 8. The van der Waals surface area contributed by atoms with Crippen molar-refractivity contribution in [3.8, 4) is 17.6 Å². The van der Waals surface area contributed by atoms with Crippen molar-refractivity contribution in [1.29, 1.82) is 0 Å². The molecule has 0 saturated carbocycles. The van der Waals surface area contributed by atoms with Crippen molar-refractivity contribution >= 4 is 112 Å². The van der Waals surface area contributed by atoms with Crippen LogP contribution in [0, 0.1) is 0 Å². The molecule has 4 aromatic heterocycles. The molecule has 0 N–H and O–H groups in total. The maximum Gasteiger partial charge on any atom is 0.340 e. The number of ether oxygens (including phenoxy) is 5. The van der Waals surface area contributed by atoms with Gasteiger partial charge < -0.3 is 23.7 Å². The Kier molecular flexibility index (Phi) is 21.7. The van der Waals surface area contributed by atoms with E-state index in [1.54, 1.807) is 12.1 Å². The van der Waals surface area contributed by atoms with Gasteiger partial charge in [-0.05, 0) is 50.3 Å². The predicted molar refractivity (Wildman–Crippen MR) is 263 cm³/mol. The Labute approximate surface area is 429 Å². The summed E-state index contributed by atoms with van der Waals surface area (Å²) in [5.74, 6) is 0.134. The van der Waals surface area contributed by atoms with E-state index in [-0.39, 0.29) is 41.4 Å². The number of hydrogen-bond acceptors (Lipinski definition) is 24. The van der Waals surface area contributed by atoms with E-state index in [0.29, 0.717) is 83.0 Å². The molecule has 2 atom stereocenters. The Morgan fingerprint density at radius 1 is 0.614 bits per heavy atom. The zero-order valence-corrected chi connectivity index (χ0v) is 43.6. The zero-order valence-electron chi connectivity index (χ0n) is 38.0. The summed E-state index contributed by atoms with van der Waals surface area (Å²) < 4.78 is 47.0. The second-order valence-corrected chi connectivity index (χ2v) is 19.1. The zero-order chi connectivity index (χ0) is 51.7. The highest BCUT2D eigenvalue weighted by atomic mass is 35.5. The van der Waals surface area contributed by atoms with Crippen LogP contribution in [0.2, 0.25) is 10.3 Å². The molecule has 2 unspecified atom stereocenters. The first kappa shape index (κ1) is 56.6. The maximum absolute atomic E-state index is 12.0. The molecular weight excluding hydrogens is 1050 g/mol. The van der Waals surface area contributed by atoms with Crippen LogP contribution >= 0.6 is 71.1 Å². The number of rotatable bonds is 11. The van der Waals surface area contributed by atoms with E-state index in [2.05, 4.69) is 52.5 Å². The van der Waals surface area contributed by atoms with E-state index in [0.717, 1.165) is 17.4 Å². The molecule has 0 bridgehead atoms. The van der Waals surface area contributed by atoms with E-state index in [4.69, 9.17) is 46.9 Å². The van der Waals surface area contributed by atoms with Crippen LogP contribution < -0.4 is 14.2 Å². The molecule has 8 rings (SSSR count). The number of carbonyl (C=O) groups is 5. The Bertz CT molecular complexity index is 2960. The fourth-order valence-electron chi connectivity index (χ4n) is 5.50. The molecule has 0 saturated heterocycles. The molecule has 6 heterocycles. The topological polar surface area (TPSA) is 269 Å². The summed E-state index contributed by atoms with van der Waals surface area (Å²) in [7, 11) is 0.757. The Morgan fingerprint density at radius 2 is 1.04 bits per heavy atom. The van der Waals surface area contributed by atoms with Gasteiger partial charge in [-0.1, -0.05) is 71.0 Å². The predicted octanol–water partition coefficient (Wildman–Crippen LogP) is 8.11. The van der Waals surface area contributed by atoms with Gasteiger partial charge in [0.15, 0.2) is 34.3 Å². The van der Waals surface area contributed by atoms with E-state index in [1.165, 1.54) is 80.9 Å². The SMILES string of the molecule is CC1OC(=O)c2c(S)cccc21.COc1cc(C=O)nc(S(C)(=O)=O)n1.COc1cc(C=O)nc(SC)n1.COc1cc(C=O)nc(Sc2cccc3c2C(=O)OC3C)n1.CSc1nc(Cl)cc(Cl)n1. The largest absolute Gasteiger partial charge is 0.481 e. The first-order valence-corrected chi connectivity index (χ1v) is 25.8. The lowest BCUT2D eigenvalue weighted by molar-refractivity contribution is 0.0410. The van der Waals surface area contributed by atoms with Gasteiger partial charge in [0.1, 0.15) is 39.6 Å². The van der Waals surface area contributed by atoms with Crippen molar-refractivity contribution in [2.24, 2.45) is 0 Å². The number of hydrogen-bond donors (Lipinski definition) is 1. The maximum atomic E-state index is 12.0. The van der Waals surface area contributed by atoms with Crippen LogP contribution in [0.15, 0.2) is 91.1 Å². The quantitative estimate of drug-likeness (QED) is 0.0320. The summed E-state index contributed by atoms with van der Waals surface area (Å²) in [6.07, 6.45) is 5.99. The number of cyclic esters (lactones) is 2. The van der Waals surface area contributed by atoms with Crippen LogP contribution in [0.3, 0.4) is 0 Å². The minimum atomic E-state index is -3.53. The third-order valence-corrected chi connectivity index (χ3v) is 12.2. The first-order valence-electron chi connectivity index (χ1n) is 19.5. The van der Waals surface area contributed by atoms with Gasteiger partial charge in [0.05, 0.1) is 32.5 Å². The molecule has 2 aliphatic rings. The lowest BCUT2D eigenvalue weighted by Crippen LogP contribution is -2.07. The molecule has 2 aromatic carbocycles. The Morgan fingerprint density at radius 3 is 1.51 bits per heavy atom. The van der Waals surface area contributed by atoms with Crippen molar-refractivity contribution in [1.82, 2.24) is 39.9 Å². The van der Waals surface area contributed by atoms with Gasteiger partial charge in [0.2, 0.25) is 27.5 Å². The van der Waals surface area contributed by atoms with Crippen molar-refractivity contribution in [2.75, 3.05) is 40.1 Å². The van der Waals surface area contributed by atoms with Gasteiger partial charge >= 0.3 is 11.9 Å². The van der Waals surface area contributed by atoms with Gasteiger partial charge in [-0.25, -0.2) is 42.9 Å². The lowest BCUT2D eigenvalue weighted by Gasteiger charge is -2.06. The third kappa shape index (κ3) is 16.0. The fourth-order valence-corrected chi connectivity index (χ4v) is 8.54. The molecule has 0 spiro atoms. The van der Waals surface area contributed by atoms with E-state index in [1.807, 2.05) is 50.6 Å². The average Bonchev–Trinajstić information content (AvgIpc) is 3.83. The third-order valence-electron chi connectivity index (χ3n) is 8.62. The molecule has 0 fully saturated rings. The number of thioether (sulfide) groups is 2. The molecule has 2 aliphatic heterocycles. The van der Waals surface area contributed by atoms with Crippen LogP contribution in [-0.4, -0.2) is 119 Å². The number of carbonyl (C=O) groups excluding carboxylic acids is 5. The number of thiol groups is 1. The smallest absolute Gasteiger partial charge is 0.340 e. The minimum Gasteiger partial charge on any atom is -0.481 e. The number of halogens is 2. The van der Waals surface area contributed by atoms with Crippen LogP contribution in [0.4, 0.5) is 0 Å². The lowest BCUT2D eigenvalue weighted by atomic mass is 10.1. The molecule has 27 heteroatoms. The summed E-state index contributed by atoms with van der Waals surface area (Å²) in [5.41, 5.74) is 3.45. The molecule has 0 radical (unpaired) electrons. The summed E-state index contributed by atoms with van der Waals surface area (Å²) in [5, 5.41) is 1.81. The van der Waals surface area contributed by atoms with Gasteiger partial charge in [0.25, 0.3) is 5.16 Å². The number of aldehydes is 3. The van der Waals surface area contributed by atoms with Gasteiger partial charge in [-0.15, -0.1) is 12.6 Å². The second kappa shape index (κ2) is 26.9. The Balaban J connectivity index is 0.000000197. The van der Waals surface area contributed by atoms with Crippen LogP contribution in [0.5, 0.6) is 17.6 Å². The number of esters is 2. The van der Waals surface area contributed by atoms with Crippen molar-refractivity contribution < 1.29 is 56.1 Å². The van der Waals surface area contributed by atoms with E-state index < -0.39 is 15.0 Å². The minimum absolute atomic E-state index is 0.0303. The van der Waals surface area contributed by atoms with Crippen molar-refractivity contribution in [2.45, 2.75) is 56.5 Å². The normalized spacial score (nSPS) is 13.8. The summed E-state index contributed by atoms with van der Waals surface area (Å²) in [6, 6.07) is 16.8. The summed E-state index contributed by atoms with van der Waals surface area (Å²) in [6.45, 7) is 3.68. The summed E-state index contributed by atoms with van der Waals surface area (Å²) >= 11 is 19.3. The molecule has 368 valence electrons. The molecular formula is C43H40Cl2N8O12S5. The highest BCUT2D eigenvalue weighted by molar-refractivity contribution is 7.99. The van der Waals surface area contributed by atoms with Crippen molar-refractivity contribution in [3.63, 3.8) is 0 Å². The number of methoxy groups -OCH3 is 3. The molecule has 6 aromatic rings. The Hall–Kier alpha value is -5.96. The fraction of sp³-hybridized carbons (Fsp3) is 0.233. The van der Waals surface area contributed by atoms with Gasteiger partial charge in [-0.2, -0.15) is 15.0 Å². The molecule has 0 amide bonds. The van der Waals surface area contributed by atoms with Gasteiger partial charge in [-0.3, -0.25) is 14.4 Å². The van der Waals surface area contributed by atoms with Crippen LogP contribution in [0.25, 0.3) is 0 Å². The standard InChI is InChI=1S/C15H12N2O4S.C9H8O2S.C7H8N2O4S.C7H8N2O2S.C5H4Cl2N2S/c1-8-10-4-3-5-11(13(10)14(19)21-8)22-15-16-9(7-18)6-12(17-15)20-2;1-5-6-3-2-4-7(12)8(6)9(10)11-5;1-13-6-3-5(4-10)8-7(9-6)14(2,11)12;1-11-6-3-5(4-10)8-7(9-6)12-2;1-10-5-8-3(6)2-4(7)9-5/h3-8H,1-2H3;2-5,12H,1H3;3-4H,1-2H3;3-4H,1-2H3;2H,1H3. The van der Waals surface area contributed by atoms with Gasteiger partial charge in [0, 0.05) is 51.4 Å². The molecule has 0 aliphatic carbocycles. The number of benzene rings is 2. The average molecular weight is 1090 g/mol. The monoisotopic (exact) mass is 1090 g/mol. The highest BCUT2D eigenvalue weighted by Gasteiger charge is 2.31. The number of sulfone groups is 1. The van der Waals surface area contributed by atoms with Crippen molar-refractivity contribution in [3.05, 3.63) is 110 Å². The number of nitrogens with zero attached hydrogens (tertiary/aromatic N) is 8. The second-order valence-electron chi connectivity index (χ2n) is 13.3. The highest BCUT2D eigenvalue weighted by Crippen LogP contribution is 2.39. The first-order chi connectivity index (χ1) is 33.3. The van der Waals surface area contributed by atoms with E-state index >= 15 is 0 Å². The summed E-state index contributed by atoms with van der Waals surface area (Å²) in [4.78, 5) is 87.4. The van der Waals surface area contributed by atoms with E-state index in [9.17, 15) is 32.4 Å². The van der Waals surface area contributed by atoms with Crippen LogP contribution in [0.1, 0.15) is 89.4 Å². The molecule has 20 nitrogen and oxygen atoms in total.